The van der Waals surface area contributed by atoms with Crippen LogP contribution in [-0.4, -0.2) is 31.6 Å². The summed E-state index contributed by atoms with van der Waals surface area (Å²) in [6, 6.07) is 5.13. The van der Waals surface area contributed by atoms with E-state index < -0.39 is 0 Å². The average Bonchev–Trinajstić information content (AvgIpc) is 2.51. The van der Waals surface area contributed by atoms with E-state index in [0.29, 0.717) is 0 Å². The summed E-state index contributed by atoms with van der Waals surface area (Å²) in [4.78, 5) is 15.1. The monoisotopic (exact) mass is 285 g/mol. The van der Waals surface area contributed by atoms with Crippen LogP contribution in [-0.2, 0) is 0 Å². The highest BCUT2D eigenvalue weighted by atomic mass is 16.6. The van der Waals surface area contributed by atoms with E-state index in [1.165, 1.54) is 5.57 Å². The summed E-state index contributed by atoms with van der Waals surface area (Å²) in [6.07, 6.45) is 8.81. The Hall–Kier alpha value is -2.30. The molecule has 0 N–H and O–H groups in total. The third-order valence-corrected chi connectivity index (χ3v) is 4.07. The van der Waals surface area contributed by atoms with E-state index in [9.17, 15) is 10.1 Å². The lowest BCUT2D eigenvalue weighted by molar-refractivity contribution is -0.384. The van der Waals surface area contributed by atoms with E-state index in [4.69, 9.17) is 0 Å². The van der Waals surface area contributed by atoms with Gasteiger partial charge in [0.2, 0.25) is 0 Å². The van der Waals surface area contributed by atoms with Crippen LogP contribution in [0.1, 0.15) is 12.8 Å². The second-order valence-corrected chi connectivity index (χ2v) is 5.53. The van der Waals surface area contributed by atoms with Crippen molar-refractivity contribution in [3.05, 3.63) is 52.1 Å². The molecule has 110 valence electrons. The molecule has 3 rings (SSSR count). The Balaban J connectivity index is 1.92. The molecule has 0 amide bonds. The molecule has 1 aliphatic heterocycles. The van der Waals surface area contributed by atoms with Crippen molar-refractivity contribution in [2.75, 3.05) is 36.5 Å². The molecule has 0 atom stereocenters. The molecule has 2 aliphatic rings. The number of likely N-dealkylation sites (N-methyl/N-ethyl adjacent to an activating group) is 1. The zero-order chi connectivity index (χ0) is 14.8. The van der Waals surface area contributed by atoms with Crippen LogP contribution in [0.25, 0.3) is 0 Å². The van der Waals surface area contributed by atoms with Crippen molar-refractivity contribution in [2.24, 2.45) is 0 Å². The van der Waals surface area contributed by atoms with Crippen LogP contribution in [0, 0.1) is 10.1 Å². The third-order valence-electron chi connectivity index (χ3n) is 4.07. The van der Waals surface area contributed by atoms with Crippen LogP contribution < -0.4 is 9.80 Å². The van der Waals surface area contributed by atoms with Gasteiger partial charge in [-0.3, -0.25) is 10.1 Å². The highest BCUT2D eigenvalue weighted by Gasteiger charge is 2.23. The zero-order valence-electron chi connectivity index (χ0n) is 12.2. The summed E-state index contributed by atoms with van der Waals surface area (Å²) in [5.41, 5.74) is 3.47. The van der Waals surface area contributed by atoms with Crippen molar-refractivity contribution in [1.29, 1.82) is 0 Å². The van der Waals surface area contributed by atoms with Crippen molar-refractivity contribution in [1.82, 2.24) is 0 Å². The van der Waals surface area contributed by atoms with Crippen LogP contribution in [0.15, 0.2) is 42.0 Å². The van der Waals surface area contributed by atoms with Crippen molar-refractivity contribution in [2.45, 2.75) is 12.8 Å². The number of nitrogens with zero attached hydrogens (tertiary/aromatic N) is 3. The Kier molecular flexibility index (Phi) is 3.64. The smallest absolute Gasteiger partial charge is 0.271 e. The molecular weight excluding hydrogens is 266 g/mol. The topological polar surface area (TPSA) is 49.6 Å². The first-order valence-electron chi connectivity index (χ1n) is 7.25. The van der Waals surface area contributed by atoms with E-state index in [1.807, 2.05) is 13.1 Å². The number of non-ortho nitro benzene ring substituents is 1. The first-order chi connectivity index (χ1) is 10.1. The van der Waals surface area contributed by atoms with Crippen LogP contribution in [0.3, 0.4) is 0 Å². The van der Waals surface area contributed by atoms with E-state index >= 15 is 0 Å². The molecule has 0 spiro atoms. The van der Waals surface area contributed by atoms with Crippen molar-refractivity contribution in [3.63, 3.8) is 0 Å². The van der Waals surface area contributed by atoms with Gasteiger partial charge in [-0.15, -0.1) is 0 Å². The predicted molar refractivity (Wildman–Crippen MR) is 85.0 cm³/mol. The van der Waals surface area contributed by atoms with Crippen LogP contribution in [0.4, 0.5) is 17.1 Å². The lowest BCUT2D eigenvalue weighted by Crippen LogP contribution is -2.40. The van der Waals surface area contributed by atoms with Crippen LogP contribution >= 0.6 is 0 Å². The Bertz CT molecular complexity index is 622. The standard InChI is InChI=1S/C16H19N3O2/c1-17-9-10-18(12-13-5-3-2-4-6-13)16-11-14(19(20)21)7-8-15(16)17/h3,5-8,11H,2,4,9-10,12H2,1H3. The molecule has 0 fully saturated rings. The number of anilines is 2. The molecule has 0 unspecified atom stereocenters. The van der Waals surface area contributed by atoms with E-state index in [2.05, 4.69) is 28.0 Å². The molecule has 5 heteroatoms. The minimum absolute atomic E-state index is 0.155. The maximum absolute atomic E-state index is 11.0. The fourth-order valence-electron chi connectivity index (χ4n) is 2.88. The Morgan fingerprint density at radius 2 is 2.10 bits per heavy atom. The van der Waals surface area contributed by atoms with Gasteiger partial charge in [0.15, 0.2) is 0 Å². The normalized spacial score (nSPS) is 17.5. The predicted octanol–water partition coefficient (Wildman–Crippen LogP) is 3.13. The number of hydrogen-bond acceptors (Lipinski definition) is 4. The molecule has 0 radical (unpaired) electrons. The molecule has 1 aromatic carbocycles. The average molecular weight is 285 g/mol. The number of nitro groups is 1. The molecule has 1 aliphatic carbocycles. The highest BCUT2D eigenvalue weighted by molar-refractivity contribution is 5.76. The number of hydrogen-bond donors (Lipinski definition) is 0. The van der Waals surface area contributed by atoms with Crippen LogP contribution in [0.2, 0.25) is 0 Å². The SMILES string of the molecule is CN1CCN(CC2=CCCC=C2)c2cc([N+](=O)[O-])ccc21. The van der Waals surface area contributed by atoms with Gasteiger partial charge >= 0.3 is 0 Å². The second kappa shape index (κ2) is 5.60. The molecule has 21 heavy (non-hydrogen) atoms. The van der Waals surface area contributed by atoms with Crippen LogP contribution in [0.5, 0.6) is 0 Å². The van der Waals surface area contributed by atoms with Gasteiger partial charge < -0.3 is 9.80 Å². The molecule has 1 aromatic rings. The first-order valence-corrected chi connectivity index (χ1v) is 7.25. The molecule has 0 saturated carbocycles. The molecule has 0 saturated heterocycles. The fourth-order valence-corrected chi connectivity index (χ4v) is 2.88. The lowest BCUT2D eigenvalue weighted by atomic mass is 10.1. The van der Waals surface area contributed by atoms with E-state index in [0.717, 1.165) is 43.9 Å². The number of nitro benzene ring substituents is 1. The fraction of sp³-hybridized carbons (Fsp3) is 0.375. The quantitative estimate of drug-likeness (QED) is 0.632. The van der Waals surface area contributed by atoms with Gasteiger partial charge in [0.25, 0.3) is 5.69 Å². The number of fused-ring (bicyclic) bond motifs is 1. The van der Waals surface area contributed by atoms with Gasteiger partial charge in [0.1, 0.15) is 0 Å². The molecule has 1 heterocycles. The van der Waals surface area contributed by atoms with Crippen molar-refractivity contribution >= 4 is 17.1 Å². The zero-order valence-corrected chi connectivity index (χ0v) is 12.2. The first kappa shape index (κ1) is 13.7. The summed E-state index contributed by atoms with van der Waals surface area (Å²) >= 11 is 0. The van der Waals surface area contributed by atoms with E-state index in [1.54, 1.807) is 12.1 Å². The highest BCUT2D eigenvalue weighted by Crippen LogP contribution is 2.35. The van der Waals surface area contributed by atoms with Gasteiger partial charge in [-0.25, -0.2) is 0 Å². The largest absolute Gasteiger partial charge is 0.371 e. The number of rotatable bonds is 3. The summed E-state index contributed by atoms with van der Waals surface area (Å²) in [7, 11) is 2.03. The maximum atomic E-state index is 11.0. The van der Waals surface area contributed by atoms with Gasteiger partial charge in [0.05, 0.1) is 16.3 Å². The van der Waals surface area contributed by atoms with Crippen molar-refractivity contribution in [3.8, 4) is 0 Å². The Morgan fingerprint density at radius 1 is 1.24 bits per heavy atom. The van der Waals surface area contributed by atoms with Gasteiger partial charge in [0, 0.05) is 38.8 Å². The molecule has 0 aromatic heterocycles. The maximum Gasteiger partial charge on any atom is 0.271 e. The summed E-state index contributed by atoms with van der Waals surface area (Å²) in [6.45, 7) is 2.64. The Morgan fingerprint density at radius 3 is 2.81 bits per heavy atom. The number of benzene rings is 1. The van der Waals surface area contributed by atoms with Gasteiger partial charge in [-0.05, 0) is 24.5 Å². The van der Waals surface area contributed by atoms with Gasteiger partial charge in [-0.1, -0.05) is 18.2 Å². The second-order valence-electron chi connectivity index (χ2n) is 5.53. The number of allylic oxidation sites excluding steroid dienone is 2. The third kappa shape index (κ3) is 2.77. The summed E-state index contributed by atoms with van der Waals surface area (Å²) in [5.74, 6) is 0. The molecular formula is C16H19N3O2. The molecule has 5 nitrogen and oxygen atoms in total. The summed E-state index contributed by atoms with van der Waals surface area (Å²) in [5, 5.41) is 11.0. The molecule has 0 bridgehead atoms. The minimum atomic E-state index is -0.327. The van der Waals surface area contributed by atoms with Gasteiger partial charge in [-0.2, -0.15) is 0 Å². The van der Waals surface area contributed by atoms with Crippen molar-refractivity contribution < 1.29 is 4.92 Å². The minimum Gasteiger partial charge on any atom is -0.371 e. The van der Waals surface area contributed by atoms with E-state index in [-0.39, 0.29) is 10.6 Å². The Labute approximate surface area is 124 Å². The lowest BCUT2D eigenvalue weighted by Gasteiger charge is -2.37. The summed E-state index contributed by atoms with van der Waals surface area (Å²) < 4.78 is 0.